The highest BCUT2D eigenvalue weighted by Crippen LogP contribution is 2.15. The molecule has 1 aliphatic heterocycles. The van der Waals surface area contributed by atoms with E-state index in [1.807, 2.05) is 54.6 Å². The molecule has 130 valence electrons. The molecule has 2 aromatic rings. The molecule has 2 amide bonds. The lowest BCUT2D eigenvalue weighted by Gasteiger charge is -2.14. The largest absolute Gasteiger partial charge is 0.489 e. The summed E-state index contributed by atoms with van der Waals surface area (Å²) in [5, 5.41) is 2.84. The van der Waals surface area contributed by atoms with Gasteiger partial charge in [-0.2, -0.15) is 0 Å². The van der Waals surface area contributed by atoms with Gasteiger partial charge in [-0.05, 0) is 23.3 Å². The first-order valence-electron chi connectivity index (χ1n) is 8.08. The zero-order valence-electron chi connectivity index (χ0n) is 13.8. The number of nitrogens with one attached hydrogen (secondary N) is 1. The third kappa shape index (κ3) is 5.26. The van der Waals surface area contributed by atoms with E-state index in [2.05, 4.69) is 5.32 Å². The van der Waals surface area contributed by atoms with Gasteiger partial charge in [0.1, 0.15) is 18.9 Å². The lowest BCUT2D eigenvalue weighted by Crippen LogP contribution is -2.37. The molecule has 0 bridgehead atoms. The number of ether oxygens (including phenoxy) is 1. The second-order valence-corrected chi connectivity index (χ2v) is 6.72. The quantitative estimate of drug-likeness (QED) is 0.828. The van der Waals surface area contributed by atoms with Gasteiger partial charge in [0.25, 0.3) is 0 Å². The van der Waals surface area contributed by atoms with Crippen molar-refractivity contribution in [1.82, 2.24) is 10.2 Å². The van der Waals surface area contributed by atoms with E-state index < -0.39 is 0 Å². The maximum absolute atomic E-state index is 11.9. The molecule has 25 heavy (non-hydrogen) atoms. The summed E-state index contributed by atoms with van der Waals surface area (Å²) in [6.45, 7) is 1.09. The fourth-order valence-electron chi connectivity index (χ4n) is 2.41. The molecule has 6 heteroatoms. The van der Waals surface area contributed by atoms with E-state index in [-0.39, 0.29) is 18.4 Å². The van der Waals surface area contributed by atoms with E-state index in [0.717, 1.165) is 16.9 Å². The summed E-state index contributed by atoms with van der Waals surface area (Å²) < 4.78 is 5.74. The minimum atomic E-state index is -0.139. The second kappa shape index (κ2) is 8.58. The van der Waals surface area contributed by atoms with Crippen LogP contribution >= 0.6 is 11.8 Å². The van der Waals surface area contributed by atoms with Gasteiger partial charge < -0.3 is 15.0 Å². The van der Waals surface area contributed by atoms with Gasteiger partial charge in [0.15, 0.2) is 0 Å². The maximum Gasteiger partial charge on any atom is 0.239 e. The third-order valence-corrected chi connectivity index (χ3v) is 4.77. The Labute approximate surface area is 151 Å². The number of hydrogen-bond donors (Lipinski definition) is 1. The summed E-state index contributed by atoms with van der Waals surface area (Å²) in [5.74, 6) is 1.75. The van der Waals surface area contributed by atoms with E-state index in [1.54, 1.807) is 4.90 Å². The predicted molar refractivity (Wildman–Crippen MR) is 98.1 cm³/mol. The molecule has 0 unspecified atom stereocenters. The van der Waals surface area contributed by atoms with Crippen LogP contribution in [-0.2, 0) is 22.7 Å². The third-order valence-electron chi connectivity index (χ3n) is 3.82. The van der Waals surface area contributed by atoms with Crippen LogP contribution in [-0.4, -0.2) is 34.9 Å². The summed E-state index contributed by atoms with van der Waals surface area (Å²) in [5.41, 5.74) is 2.11. The van der Waals surface area contributed by atoms with Crippen molar-refractivity contribution in [1.29, 1.82) is 0 Å². The summed E-state index contributed by atoms with van der Waals surface area (Å²) in [6, 6.07) is 17.6. The molecule has 0 spiro atoms. The van der Waals surface area contributed by atoms with Crippen molar-refractivity contribution < 1.29 is 14.3 Å². The molecular formula is C19H20N2O3S. The molecule has 1 saturated heterocycles. The van der Waals surface area contributed by atoms with Gasteiger partial charge in [-0.3, -0.25) is 9.59 Å². The monoisotopic (exact) mass is 356 g/mol. The van der Waals surface area contributed by atoms with E-state index in [1.165, 1.54) is 11.8 Å². The molecule has 3 rings (SSSR count). The van der Waals surface area contributed by atoms with Crippen LogP contribution in [0.3, 0.4) is 0 Å². The smallest absolute Gasteiger partial charge is 0.239 e. The summed E-state index contributed by atoms with van der Waals surface area (Å²) in [4.78, 5) is 25.0. The lowest BCUT2D eigenvalue weighted by atomic mass is 10.2. The predicted octanol–water partition coefficient (Wildman–Crippen LogP) is 2.41. The van der Waals surface area contributed by atoms with Gasteiger partial charge in [0.2, 0.25) is 11.8 Å². The van der Waals surface area contributed by atoms with Crippen molar-refractivity contribution in [3.8, 4) is 5.75 Å². The standard InChI is InChI=1S/C19H20N2O3S/c22-18(11-21-14-25-13-19(21)23)20-10-15-6-8-17(9-7-15)24-12-16-4-2-1-3-5-16/h1-9H,10-14H2,(H,20,22). The molecule has 0 aromatic heterocycles. The first-order valence-corrected chi connectivity index (χ1v) is 9.24. The highest BCUT2D eigenvalue weighted by molar-refractivity contribution is 8.00. The Kier molecular flexibility index (Phi) is 5.95. The van der Waals surface area contributed by atoms with Gasteiger partial charge in [-0.1, -0.05) is 42.5 Å². The van der Waals surface area contributed by atoms with Gasteiger partial charge in [0, 0.05) is 6.54 Å². The zero-order valence-corrected chi connectivity index (χ0v) is 14.6. The first kappa shape index (κ1) is 17.4. The highest BCUT2D eigenvalue weighted by atomic mass is 32.2. The summed E-state index contributed by atoms with van der Waals surface area (Å²) >= 11 is 1.53. The number of thioether (sulfide) groups is 1. The summed E-state index contributed by atoms with van der Waals surface area (Å²) in [7, 11) is 0. The van der Waals surface area contributed by atoms with Crippen LogP contribution in [0.1, 0.15) is 11.1 Å². The van der Waals surface area contributed by atoms with Crippen molar-refractivity contribution in [2.45, 2.75) is 13.2 Å². The van der Waals surface area contributed by atoms with Crippen LogP contribution in [0.25, 0.3) is 0 Å². The summed E-state index contributed by atoms with van der Waals surface area (Å²) in [6.07, 6.45) is 0. The SMILES string of the molecule is O=C(CN1CSCC1=O)NCc1ccc(OCc2ccccc2)cc1. The Morgan fingerprint density at radius 3 is 2.52 bits per heavy atom. The van der Waals surface area contributed by atoms with Crippen LogP contribution in [0, 0.1) is 0 Å². The number of amides is 2. The Hall–Kier alpha value is -2.47. The molecule has 1 heterocycles. The number of carbonyl (C=O) groups is 2. The number of nitrogens with zero attached hydrogens (tertiary/aromatic N) is 1. The fourth-order valence-corrected chi connectivity index (χ4v) is 3.32. The van der Waals surface area contributed by atoms with Crippen molar-refractivity contribution in [2.75, 3.05) is 18.2 Å². The Morgan fingerprint density at radius 2 is 1.84 bits per heavy atom. The van der Waals surface area contributed by atoms with Gasteiger partial charge >= 0.3 is 0 Å². The van der Waals surface area contributed by atoms with Crippen LogP contribution in [0.4, 0.5) is 0 Å². The van der Waals surface area contributed by atoms with Gasteiger partial charge in [-0.15, -0.1) is 11.8 Å². The van der Waals surface area contributed by atoms with Crippen LogP contribution in [0.2, 0.25) is 0 Å². The van der Waals surface area contributed by atoms with Crippen LogP contribution < -0.4 is 10.1 Å². The molecule has 0 aliphatic carbocycles. The van der Waals surface area contributed by atoms with Crippen molar-refractivity contribution in [3.63, 3.8) is 0 Å². The molecule has 1 fully saturated rings. The molecule has 1 aliphatic rings. The Bertz CT molecular complexity index is 719. The fraction of sp³-hybridized carbons (Fsp3) is 0.263. The minimum absolute atomic E-state index is 0.0278. The number of carbonyl (C=O) groups excluding carboxylic acids is 2. The van der Waals surface area contributed by atoms with Crippen LogP contribution in [0.5, 0.6) is 5.75 Å². The van der Waals surface area contributed by atoms with E-state index in [4.69, 9.17) is 4.74 Å². The number of benzene rings is 2. The lowest BCUT2D eigenvalue weighted by molar-refractivity contribution is -0.132. The average Bonchev–Trinajstić information content (AvgIpc) is 3.04. The highest BCUT2D eigenvalue weighted by Gasteiger charge is 2.22. The molecule has 5 nitrogen and oxygen atoms in total. The maximum atomic E-state index is 11.9. The average molecular weight is 356 g/mol. The topological polar surface area (TPSA) is 58.6 Å². The van der Waals surface area contributed by atoms with Crippen molar-refractivity contribution in [2.24, 2.45) is 0 Å². The molecule has 1 N–H and O–H groups in total. The molecule has 0 atom stereocenters. The number of rotatable bonds is 7. The van der Waals surface area contributed by atoms with E-state index in [9.17, 15) is 9.59 Å². The minimum Gasteiger partial charge on any atom is -0.489 e. The molecular weight excluding hydrogens is 336 g/mol. The molecule has 0 saturated carbocycles. The normalized spacial score (nSPS) is 13.8. The Morgan fingerprint density at radius 1 is 1.08 bits per heavy atom. The van der Waals surface area contributed by atoms with Crippen LogP contribution in [0.15, 0.2) is 54.6 Å². The van der Waals surface area contributed by atoms with Crippen molar-refractivity contribution in [3.05, 3.63) is 65.7 Å². The van der Waals surface area contributed by atoms with Gasteiger partial charge in [0.05, 0.1) is 11.6 Å². The van der Waals surface area contributed by atoms with Crippen molar-refractivity contribution >= 4 is 23.6 Å². The van der Waals surface area contributed by atoms with E-state index >= 15 is 0 Å². The molecule has 2 aromatic carbocycles. The first-order chi connectivity index (χ1) is 12.2. The Balaban J connectivity index is 1.42. The second-order valence-electron chi connectivity index (χ2n) is 5.76. The number of hydrogen-bond acceptors (Lipinski definition) is 4. The van der Waals surface area contributed by atoms with Gasteiger partial charge in [-0.25, -0.2) is 0 Å². The van der Waals surface area contributed by atoms with E-state index in [0.29, 0.717) is 24.8 Å². The molecule has 0 radical (unpaired) electrons. The zero-order chi connectivity index (χ0) is 17.5.